The van der Waals surface area contributed by atoms with Gasteiger partial charge in [0.1, 0.15) is 6.29 Å². The fraction of sp³-hybridized carbons (Fsp3) is 0.438. The highest BCUT2D eigenvalue weighted by molar-refractivity contribution is 6.05. The van der Waals surface area contributed by atoms with Gasteiger partial charge < -0.3 is 14.3 Å². The molecule has 0 saturated carbocycles. The van der Waals surface area contributed by atoms with Crippen molar-refractivity contribution in [2.45, 2.75) is 31.9 Å². The van der Waals surface area contributed by atoms with Crippen molar-refractivity contribution in [2.75, 3.05) is 13.2 Å². The second kappa shape index (κ2) is 8.26. The largest absolute Gasteiger partial charge is 0.463 e. The number of carbonyl (C=O) groups is 3. The first-order valence-electron chi connectivity index (χ1n) is 7.04. The summed E-state index contributed by atoms with van der Waals surface area (Å²) in [6.45, 7) is 2.82. The molecule has 0 amide bonds. The fourth-order valence-electron chi connectivity index (χ4n) is 2.15. The van der Waals surface area contributed by atoms with Crippen molar-refractivity contribution in [3.63, 3.8) is 0 Å². The van der Waals surface area contributed by atoms with E-state index in [4.69, 9.17) is 9.47 Å². The Morgan fingerprint density at radius 2 is 1.64 bits per heavy atom. The molecular formula is C16H19FO5. The van der Waals surface area contributed by atoms with Gasteiger partial charge in [-0.2, -0.15) is 0 Å². The predicted molar refractivity (Wildman–Crippen MR) is 77.0 cm³/mol. The van der Waals surface area contributed by atoms with E-state index >= 15 is 4.39 Å². The van der Waals surface area contributed by atoms with E-state index in [0.717, 1.165) is 0 Å². The minimum Gasteiger partial charge on any atom is -0.463 e. The van der Waals surface area contributed by atoms with E-state index in [9.17, 15) is 14.4 Å². The lowest BCUT2D eigenvalue weighted by Gasteiger charge is -2.29. The van der Waals surface area contributed by atoms with Crippen molar-refractivity contribution in [2.24, 2.45) is 0 Å². The van der Waals surface area contributed by atoms with Crippen molar-refractivity contribution in [1.82, 2.24) is 0 Å². The summed E-state index contributed by atoms with van der Waals surface area (Å²) in [6, 6.07) is 8.05. The number of alkyl halides is 1. The maximum absolute atomic E-state index is 15.4. The minimum atomic E-state index is -3.06. The van der Waals surface area contributed by atoms with Crippen LogP contribution in [0.15, 0.2) is 30.3 Å². The number of carbonyl (C=O) groups excluding carboxylic acids is 3. The molecule has 0 aliphatic rings. The number of rotatable bonds is 8. The Labute approximate surface area is 128 Å². The number of benzene rings is 1. The quantitative estimate of drug-likeness (QED) is 0.418. The van der Waals surface area contributed by atoms with E-state index in [1.165, 1.54) is 13.8 Å². The van der Waals surface area contributed by atoms with E-state index in [1.807, 2.05) is 0 Å². The Kier molecular flexibility index (Phi) is 6.69. The van der Waals surface area contributed by atoms with Gasteiger partial charge in [0, 0.05) is 12.3 Å². The summed E-state index contributed by atoms with van der Waals surface area (Å²) in [4.78, 5) is 35.0. The van der Waals surface area contributed by atoms with Gasteiger partial charge in [-0.3, -0.25) is 0 Å². The van der Waals surface area contributed by atoms with Gasteiger partial charge in [0.25, 0.3) is 0 Å². The highest BCUT2D eigenvalue weighted by Gasteiger charge is 2.56. The molecule has 1 aromatic rings. The second-order valence-electron chi connectivity index (χ2n) is 4.52. The van der Waals surface area contributed by atoms with E-state index in [2.05, 4.69) is 0 Å². The molecule has 1 rings (SSSR count). The summed E-state index contributed by atoms with van der Waals surface area (Å²) < 4.78 is 24.8. The lowest BCUT2D eigenvalue weighted by molar-refractivity contribution is -0.176. The molecule has 1 atom stereocenters. The number of hydrogen-bond donors (Lipinski definition) is 0. The average Bonchev–Trinajstić information content (AvgIpc) is 2.53. The van der Waals surface area contributed by atoms with Crippen LogP contribution in [0.1, 0.15) is 31.7 Å². The summed E-state index contributed by atoms with van der Waals surface area (Å²) in [5, 5.41) is 0. The van der Waals surface area contributed by atoms with E-state index in [1.54, 1.807) is 30.3 Å². The van der Waals surface area contributed by atoms with Crippen LogP contribution in [0.5, 0.6) is 0 Å². The lowest BCUT2D eigenvalue weighted by Crippen LogP contribution is -2.50. The van der Waals surface area contributed by atoms with Gasteiger partial charge >= 0.3 is 17.6 Å². The molecule has 0 unspecified atom stereocenters. The number of hydrogen-bond acceptors (Lipinski definition) is 5. The van der Waals surface area contributed by atoms with Gasteiger partial charge in [-0.05, 0) is 19.4 Å². The van der Waals surface area contributed by atoms with Crippen LogP contribution in [0.2, 0.25) is 0 Å². The van der Waals surface area contributed by atoms with Crippen LogP contribution >= 0.6 is 0 Å². The SMILES string of the molecule is CCOC(=O)C(F)(C(=O)OCC)[C@@H](CC=O)c1ccccc1. The van der Waals surface area contributed by atoms with E-state index in [-0.39, 0.29) is 19.6 Å². The molecule has 120 valence electrons. The molecule has 5 nitrogen and oxygen atoms in total. The molecule has 0 spiro atoms. The summed E-state index contributed by atoms with van der Waals surface area (Å²) in [5.41, 5.74) is -2.72. The Bertz CT molecular complexity index is 497. The second-order valence-corrected chi connectivity index (χ2v) is 4.52. The van der Waals surface area contributed by atoms with Gasteiger partial charge in [0.2, 0.25) is 0 Å². The van der Waals surface area contributed by atoms with Crippen LogP contribution in [0.3, 0.4) is 0 Å². The maximum atomic E-state index is 15.4. The average molecular weight is 310 g/mol. The van der Waals surface area contributed by atoms with Crippen LogP contribution in [0.4, 0.5) is 4.39 Å². The zero-order valence-electron chi connectivity index (χ0n) is 12.6. The summed E-state index contributed by atoms with van der Waals surface area (Å²) in [7, 11) is 0. The topological polar surface area (TPSA) is 69.7 Å². The van der Waals surface area contributed by atoms with Crippen LogP contribution in [-0.2, 0) is 23.9 Å². The molecule has 1 aromatic carbocycles. The third kappa shape index (κ3) is 3.69. The van der Waals surface area contributed by atoms with Crippen LogP contribution in [-0.4, -0.2) is 37.1 Å². The highest BCUT2D eigenvalue weighted by atomic mass is 19.1. The monoisotopic (exact) mass is 310 g/mol. The van der Waals surface area contributed by atoms with Gasteiger partial charge in [-0.25, -0.2) is 14.0 Å². The van der Waals surface area contributed by atoms with Crippen molar-refractivity contribution < 1.29 is 28.2 Å². The first-order chi connectivity index (χ1) is 10.5. The van der Waals surface area contributed by atoms with Crippen molar-refractivity contribution in [1.29, 1.82) is 0 Å². The van der Waals surface area contributed by atoms with Crippen LogP contribution < -0.4 is 0 Å². The van der Waals surface area contributed by atoms with Gasteiger partial charge in [-0.15, -0.1) is 0 Å². The number of ether oxygens (including phenoxy) is 2. The normalized spacial score (nSPS) is 12.3. The molecule has 0 radical (unpaired) electrons. The first kappa shape index (κ1) is 17.8. The highest BCUT2D eigenvalue weighted by Crippen LogP contribution is 2.36. The third-order valence-corrected chi connectivity index (χ3v) is 3.16. The van der Waals surface area contributed by atoms with Crippen LogP contribution in [0, 0.1) is 0 Å². The summed E-state index contributed by atoms with van der Waals surface area (Å²) in [6.07, 6.45) is 0.114. The molecule has 0 saturated heterocycles. The van der Waals surface area contributed by atoms with Crippen molar-refractivity contribution >= 4 is 18.2 Å². The minimum absolute atomic E-state index is 0.0908. The number of halogens is 1. The molecule has 0 bridgehead atoms. The van der Waals surface area contributed by atoms with Gasteiger partial charge in [0.05, 0.1) is 13.2 Å². The molecule has 0 N–H and O–H groups in total. The first-order valence-corrected chi connectivity index (χ1v) is 7.04. The smallest absolute Gasteiger partial charge is 0.356 e. The lowest BCUT2D eigenvalue weighted by atomic mass is 9.81. The molecule has 0 aromatic heterocycles. The zero-order valence-corrected chi connectivity index (χ0v) is 12.6. The van der Waals surface area contributed by atoms with Crippen molar-refractivity contribution in [3.05, 3.63) is 35.9 Å². The fourth-order valence-corrected chi connectivity index (χ4v) is 2.15. The van der Waals surface area contributed by atoms with Crippen molar-refractivity contribution in [3.8, 4) is 0 Å². The molecule has 0 heterocycles. The van der Waals surface area contributed by atoms with Gasteiger partial charge in [-0.1, -0.05) is 30.3 Å². The third-order valence-electron chi connectivity index (χ3n) is 3.16. The standard InChI is InChI=1S/C16H19FO5/c1-3-21-14(19)16(17,15(20)22-4-2)13(10-11-18)12-8-6-5-7-9-12/h5-9,11,13H,3-4,10H2,1-2H3/t13-/m0/s1. The Morgan fingerprint density at radius 1 is 1.14 bits per heavy atom. The molecule has 22 heavy (non-hydrogen) atoms. The molecule has 0 fully saturated rings. The van der Waals surface area contributed by atoms with E-state index < -0.39 is 23.5 Å². The Hall–Kier alpha value is -2.24. The number of aldehydes is 1. The Morgan fingerprint density at radius 3 is 2.05 bits per heavy atom. The molecular weight excluding hydrogens is 291 g/mol. The summed E-state index contributed by atoms with van der Waals surface area (Å²) in [5.74, 6) is -3.99. The molecule has 6 heteroatoms. The molecule has 0 aliphatic heterocycles. The number of esters is 2. The van der Waals surface area contributed by atoms with E-state index in [0.29, 0.717) is 11.8 Å². The Balaban J connectivity index is 3.33. The zero-order chi connectivity index (χ0) is 16.6. The van der Waals surface area contributed by atoms with Gasteiger partial charge in [0.15, 0.2) is 0 Å². The molecule has 0 aliphatic carbocycles. The summed E-state index contributed by atoms with van der Waals surface area (Å²) >= 11 is 0. The maximum Gasteiger partial charge on any atom is 0.356 e. The predicted octanol–water partition coefficient (Wildman–Crippen LogP) is 2.19. The van der Waals surface area contributed by atoms with Crippen LogP contribution in [0.25, 0.3) is 0 Å².